The zero-order chi connectivity index (χ0) is 17.2. The minimum Gasteiger partial charge on any atom is -0.241 e. The zero-order valence-electron chi connectivity index (χ0n) is 14.3. The first-order chi connectivity index (χ1) is 12.2. The van der Waals surface area contributed by atoms with Crippen molar-refractivity contribution >= 4 is 17.1 Å². The molecule has 25 heavy (non-hydrogen) atoms. The fourth-order valence-electron chi connectivity index (χ4n) is 2.79. The van der Waals surface area contributed by atoms with E-state index >= 15 is 0 Å². The van der Waals surface area contributed by atoms with Gasteiger partial charge in [-0.3, -0.25) is 0 Å². The van der Waals surface area contributed by atoms with Crippen molar-refractivity contribution < 1.29 is 0 Å². The number of rotatable bonds is 5. The molecule has 0 radical (unpaired) electrons. The standard InChI is InChI=1S/C19H19N5S/c1-3-4-5-14-6-8-15(9-7-14)18-22-13(2)17(25-18)16-10-11-24-19(23-16)20-12-21-24/h6-12H,3-5H2,1-2H3. The highest BCUT2D eigenvalue weighted by Crippen LogP contribution is 2.34. The number of aryl methyl sites for hydroxylation is 2. The van der Waals surface area contributed by atoms with Gasteiger partial charge in [0.2, 0.25) is 0 Å². The van der Waals surface area contributed by atoms with Crippen molar-refractivity contribution in [2.75, 3.05) is 0 Å². The summed E-state index contributed by atoms with van der Waals surface area (Å²) in [5.41, 5.74) is 4.42. The highest BCUT2D eigenvalue weighted by Gasteiger charge is 2.13. The molecule has 0 amide bonds. The van der Waals surface area contributed by atoms with E-state index in [0.29, 0.717) is 5.78 Å². The molecular weight excluding hydrogens is 330 g/mol. The summed E-state index contributed by atoms with van der Waals surface area (Å²) in [5, 5.41) is 5.11. The summed E-state index contributed by atoms with van der Waals surface area (Å²) in [6.07, 6.45) is 6.99. The van der Waals surface area contributed by atoms with Gasteiger partial charge in [0.15, 0.2) is 0 Å². The summed E-state index contributed by atoms with van der Waals surface area (Å²) < 4.78 is 1.66. The minimum absolute atomic E-state index is 0.604. The van der Waals surface area contributed by atoms with E-state index in [0.717, 1.165) is 33.3 Å². The molecule has 0 saturated heterocycles. The van der Waals surface area contributed by atoms with Gasteiger partial charge in [0, 0.05) is 11.8 Å². The van der Waals surface area contributed by atoms with Gasteiger partial charge in [0.05, 0.1) is 16.3 Å². The lowest BCUT2D eigenvalue weighted by atomic mass is 10.1. The van der Waals surface area contributed by atoms with E-state index in [1.807, 2.05) is 19.2 Å². The Morgan fingerprint density at radius 2 is 1.92 bits per heavy atom. The molecule has 4 aromatic rings. The average molecular weight is 349 g/mol. The topological polar surface area (TPSA) is 56.0 Å². The monoisotopic (exact) mass is 349 g/mol. The molecule has 6 heteroatoms. The SMILES string of the molecule is CCCCc1ccc(-c2nc(C)c(-c3ccn4ncnc4n3)s2)cc1. The number of fused-ring (bicyclic) bond motifs is 1. The molecule has 4 rings (SSSR count). The molecular formula is C19H19N5S. The second-order valence-electron chi connectivity index (χ2n) is 6.05. The lowest BCUT2D eigenvalue weighted by Gasteiger charge is -2.01. The van der Waals surface area contributed by atoms with Crippen LogP contribution in [0.5, 0.6) is 0 Å². The van der Waals surface area contributed by atoms with Crippen molar-refractivity contribution in [3.05, 3.63) is 54.1 Å². The summed E-state index contributed by atoms with van der Waals surface area (Å²) in [4.78, 5) is 14.6. The van der Waals surface area contributed by atoms with E-state index in [1.165, 1.54) is 24.7 Å². The highest BCUT2D eigenvalue weighted by molar-refractivity contribution is 7.18. The fourth-order valence-corrected chi connectivity index (χ4v) is 3.84. The fraction of sp³-hybridized carbons (Fsp3) is 0.263. The van der Waals surface area contributed by atoms with Crippen LogP contribution in [0.4, 0.5) is 0 Å². The maximum atomic E-state index is 4.75. The Morgan fingerprint density at radius 3 is 2.72 bits per heavy atom. The third-order valence-corrected chi connectivity index (χ3v) is 5.43. The number of unbranched alkanes of at least 4 members (excludes halogenated alkanes) is 1. The molecule has 126 valence electrons. The molecule has 0 bridgehead atoms. The quantitative estimate of drug-likeness (QED) is 0.530. The van der Waals surface area contributed by atoms with Gasteiger partial charge in [-0.1, -0.05) is 37.6 Å². The van der Waals surface area contributed by atoms with E-state index in [9.17, 15) is 0 Å². The molecule has 0 saturated carbocycles. The van der Waals surface area contributed by atoms with Crippen molar-refractivity contribution in [1.82, 2.24) is 24.6 Å². The summed E-state index contributed by atoms with van der Waals surface area (Å²) >= 11 is 1.67. The first-order valence-electron chi connectivity index (χ1n) is 8.48. The Hall–Kier alpha value is -2.60. The first kappa shape index (κ1) is 15.9. The summed E-state index contributed by atoms with van der Waals surface area (Å²) in [5.74, 6) is 0.604. The lowest BCUT2D eigenvalue weighted by molar-refractivity contribution is 0.795. The van der Waals surface area contributed by atoms with Crippen molar-refractivity contribution in [1.29, 1.82) is 0 Å². The van der Waals surface area contributed by atoms with Crippen LogP contribution in [0.1, 0.15) is 31.0 Å². The van der Waals surface area contributed by atoms with E-state index in [2.05, 4.69) is 46.3 Å². The molecule has 0 aliphatic heterocycles. The molecule has 1 aromatic carbocycles. The number of hydrogen-bond acceptors (Lipinski definition) is 5. The molecule has 3 aromatic heterocycles. The molecule has 0 fully saturated rings. The number of thiazole rings is 1. The molecule has 0 N–H and O–H groups in total. The molecule has 0 aliphatic rings. The van der Waals surface area contributed by atoms with Crippen LogP contribution in [-0.4, -0.2) is 24.6 Å². The van der Waals surface area contributed by atoms with Crippen LogP contribution >= 0.6 is 11.3 Å². The third kappa shape index (κ3) is 3.17. The van der Waals surface area contributed by atoms with Crippen molar-refractivity contribution in [3.63, 3.8) is 0 Å². The average Bonchev–Trinajstić information content (AvgIpc) is 3.26. The van der Waals surface area contributed by atoms with Crippen molar-refractivity contribution in [2.45, 2.75) is 33.1 Å². The Morgan fingerprint density at radius 1 is 1.08 bits per heavy atom. The van der Waals surface area contributed by atoms with E-state index in [1.54, 1.807) is 15.9 Å². The second-order valence-corrected chi connectivity index (χ2v) is 7.05. The van der Waals surface area contributed by atoms with Crippen LogP contribution in [0.3, 0.4) is 0 Å². The molecule has 0 atom stereocenters. The number of hydrogen-bond donors (Lipinski definition) is 0. The van der Waals surface area contributed by atoms with Gasteiger partial charge in [-0.25, -0.2) is 14.5 Å². The van der Waals surface area contributed by atoms with Crippen LogP contribution in [0.2, 0.25) is 0 Å². The van der Waals surface area contributed by atoms with E-state index in [-0.39, 0.29) is 0 Å². The molecule has 0 aliphatic carbocycles. The van der Waals surface area contributed by atoms with Crippen LogP contribution in [0.25, 0.3) is 26.9 Å². The number of benzene rings is 1. The van der Waals surface area contributed by atoms with Gasteiger partial charge in [-0.15, -0.1) is 11.3 Å². The van der Waals surface area contributed by atoms with Gasteiger partial charge >= 0.3 is 0 Å². The molecule has 0 unspecified atom stereocenters. The third-order valence-electron chi connectivity index (χ3n) is 4.20. The van der Waals surface area contributed by atoms with Crippen LogP contribution in [0.15, 0.2) is 42.9 Å². The van der Waals surface area contributed by atoms with E-state index < -0.39 is 0 Å². The zero-order valence-corrected chi connectivity index (χ0v) is 15.1. The van der Waals surface area contributed by atoms with Crippen molar-refractivity contribution in [2.24, 2.45) is 0 Å². The number of nitrogens with zero attached hydrogens (tertiary/aromatic N) is 5. The van der Waals surface area contributed by atoms with Crippen LogP contribution in [-0.2, 0) is 6.42 Å². The molecule has 0 spiro atoms. The smallest absolute Gasteiger partial charge is 0.241 e. The van der Waals surface area contributed by atoms with Gasteiger partial charge in [0.1, 0.15) is 11.3 Å². The minimum atomic E-state index is 0.604. The first-order valence-corrected chi connectivity index (χ1v) is 9.30. The maximum Gasteiger partial charge on any atom is 0.252 e. The summed E-state index contributed by atoms with van der Waals surface area (Å²) in [6, 6.07) is 10.7. The van der Waals surface area contributed by atoms with Gasteiger partial charge < -0.3 is 0 Å². The van der Waals surface area contributed by atoms with Crippen LogP contribution < -0.4 is 0 Å². The summed E-state index contributed by atoms with van der Waals surface area (Å²) in [7, 11) is 0. The predicted octanol–water partition coefficient (Wildman–Crippen LogP) is 4.57. The van der Waals surface area contributed by atoms with E-state index in [4.69, 9.17) is 4.98 Å². The second kappa shape index (κ2) is 6.72. The Labute approximate surface area is 150 Å². The van der Waals surface area contributed by atoms with Gasteiger partial charge in [-0.05, 0) is 31.4 Å². The van der Waals surface area contributed by atoms with Gasteiger partial charge in [0.25, 0.3) is 5.78 Å². The lowest BCUT2D eigenvalue weighted by Crippen LogP contribution is -1.92. The Bertz CT molecular complexity index is 1000. The summed E-state index contributed by atoms with van der Waals surface area (Å²) in [6.45, 7) is 4.25. The largest absolute Gasteiger partial charge is 0.252 e. The highest BCUT2D eigenvalue weighted by atomic mass is 32.1. The molecule has 3 heterocycles. The predicted molar refractivity (Wildman–Crippen MR) is 101 cm³/mol. The Kier molecular flexibility index (Phi) is 4.28. The Balaban J connectivity index is 1.65. The van der Waals surface area contributed by atoms with Crippen LogP contribution in [0, 0.1) is 6.92 Å². The normalized spacial score (nSPS) is 11.3. The van der Waals surface area contributed by atoms with Crippen molar-refractivity contribution in [3.8, 4) is 21.1 Å². The van der Waals surface area contributed by atoms with Gasteiger partial charge in [-0.2, -0.15) is 10.1 Å². The number of aromatic nitrogens is 5. The maximum absolute atomic E-state index is 4.75. The molecule has 5 nitrogen and oxygen atoms in total.